The lowest BCUT2D eigenvalue weighted by Crippen LogP contribution is -2.50. The van der Waals surface area contributed by atoms with E-state index in [9.17, 15) is 16.8 Å². The minimum Gasteiger partial charge on any atom is -0.340 e. The summed E-state index contributed by atoms with van der Waals surface area (Å²) in [6, 6.07) is 15.0. The van der Waals surface area contributed by atoms with Crippen molar-refractivity contribution in [3.63, 3.8) is 0 Å². The third-order valence-corrected chi connectivity index (χ3v) is 9.76. The normalized spacial score (nSPS) is 20.7. The maximum atomic E-state index is 13.5. The summed E-state index contributed by atoms with van der Waals surface area (Å²) in [4.78, 5) is 4.44. The van der Waals surface area contributed by atoms with Gasteiger partial charge in [-0.15, -0.1) is 4.40 Å². The van der Waals surface area contributed by atoms with Gasteiger partial charge in [-0.05, 0) is 63.0 Å². The predicted molar refractivity (Wildman–Crippen MR) is 137 cm³/mol. The lowest BCUT2D eigenvalue weighted by Gasteiger charge is -2.35. The average Bonchev–Trinajstić information content (AvgIpc) is 3.50. The fourth-order valence-corrected chi connectivity index (χ4v) is 7.57. The summed E-state index contributed by atoms with van der Waals surface area (Å²) in [5, 5.41) is 0. The Balaban J connectivity index is 1.73. The van der Waals surface area contributed by atoms with Crippen LogP contribution in [0.5, 0.6) is 0 Å². The van der Waals surface area contributed by atoms with E-state index in [1.165, 1.54) is 4.31 Å². The zero-order valence-electron chi connectivity index (χ0n) is 20.5. The lowest BCUT2D eigenvalue weighted by atomic mass is 10.1. The molecule has 0 spiro atoms. The first-order valence-electron chi connectivity index (χ1n) is 12.1. The van der Waals surface area contributed by atoms with E-state index in [4.69, 9.17) is 0 Å². The number of hydrogen-bond donors (Lipinski definition) is 0. The molecule has 0 unspecified atom stereocenters. The van der Waals surface area contributed by atoms with Gasteiger partial charge in [0.2, 0.25) is 10.0 Å². The second-order valence-corrected chi connectivity index (χ2v) is 13.1. The van der Waals surface area contributed by atoms with Crippen LogP contribution in [0.4, 0.5) is 0 Å². The first kappa shape index (κ1) is 25.8. The molecule has 2 heterocycles. The summed E-state index contributed by atoms with van der Waals surface area (Å²) in [5.74, 6) is 0.318. The molecular weight excluding hydrogens is 484 g/mol. The monoisotopic (exact) mass is 518 g/mol. The van der Waals surface area contributed by atoms with E-state index in [0.717, 1.165) is 31.5 Å². The van der Waals surface area contributed by atoms with Crippen molar-refractivity contribution in [2.75, 3.05) is 32.7 Å². The summed E-state index contributed by atoms with van der Waals surface area (Å²) in [5.41, 5.74) is 0.964. The molecule has 2 aliphatic rings. The van der Waals surface area contributed by atoms with E-state index in [-0.39, 0.29) is 22.3 Å². The Morgan fingerprint density at radius 3 is 2.11 bits per heavy atom. The Morgan fingerprint density at radius 2 is 1.51 bits per heavy atom. The number of amidine groups is 1. The van der Waals surface area contributed by atoms with Gasteiger partial charge in [0.1, 0.15) is 5.84 Å². The molecular formula is C25H34N4O4S2. The molecule has 2 saturated heterocycles. The molecule has 0 aromatic heterocycles. The van der Waals surface area contributed by atoms with E-state index >= 15 is 0 Å². The lowest BCUT2D eigenvalue weighted by molar-refractivity contribution is 0.205. The quantitative estimate of drug-likeness (QED) is 0.413. The van der Waals surface area contributed by atoms with Gasteiger partial charge in [0.05, 0.1) is 22.5 Å². The van der Waals surface area contributed by atoms with Crippen LogP contribution in [0.15, 0.2) is 68.8 Å². The smallest absolute Gasteiger partial charge is 0.283 e. The maximum Gasteiger partial charge on any atom is 0.283 e. The molecule has 0 N–H and O–H groups in total. The number of sulfonamides is 2. The van der Waals surface area contributed by atoms with Crippen LogP contribution in [0.2, 0.25) is 0 Å². The standard InChI is InChI=1S/C25H34N4O4S2/c1-20(2)25-28(17-18-29(25)35(32,33)23-9-5-4-6-10-23)24(19-27-15-7-8-16-27)26-34(30,31)22-13-11-21(3)12-14-22/h4-6,9-14,20,25H,7-8,15-19H2,1-3H3/t25-/m1/s1. The maximum absolute atomic E-state index is 13.5. The Labute approximate surface area is 209 Å². The van der Waals surface area contributed by atoms with Crippen LogP contribution in [-0.2, 0) is 20.0 Å². The zero-order chi connectivity index (χ0) is 25.2. The molecule has 4 rings (SSSR count). The number of aryl methyl sites for hydroxylation is 1. The zero-order valence-corrected chi connectivity index (χ0v) is 22.2. The van der Waals surface area contributed by atoms with Gasteiger partial charge in [0.25, 0.3) is 10.0 Å². The summed E-state index contributed by atoms with van der Waals surface area (Å²) in [7, 11) is -7.71. The minimum atomic E-state index is -3.96. The van der Waals surface area contributed by atoms with E-state index in [1.54, 1.807) is 54.6 Å². The Hall–Kier alpha value is -2.27. The van der Waals surface area contributed by atoms with E-state index in [0.29, 0.717) is 18.9 Å². The summed E-state index contributed by atoms with van der Waals surface area (Å²) >= 11 is 0. The van der Waals surface area contributed by atoms with Gasteiger partial charge in [0, 0.05) is 13.1 Å². The molecule has 8 nitrogen and oxygen atoms in total. The van der Waals surface area contributed by atoms with Crippen molar-refractivity contribution in [1.29, 1.82) is 0 Å². The number of rotatable bonds is 7. The van der Waals surface area contributed by atoms with E-state index in [1.807, 2.05) is 25.7 Å². The van der Waals surface area contributed by atoms with Crippen LogP contribution in [0, 0.1) is 12.8 Å². The molecule has 2 aliphatic heterocycles. The minimum absolute atomic E-state index is 0.0816. The summed E-state index contributed by atoms with van der Waals surface area (Å²) in [6.07, 6.45) is 1.58. The van der Waals surface area contributed by atoms with Crippen molar-refractivity contribution < 1.29 is 16.8 Å². The third kappa shape index (κ3) is 5.61. The molecule has 190 valence electrons. The second-order valence-electron chi connectivity index (χ2n) is 9.56. The highest BCUT2D eigenvalue weighted by Crippen LogP contribution is 2.30. The van der Waals surface area contributed by atoms with Crippen molar-refractivity contribution in [3.8, 4) is 0 Å². The molecule has 2 fully saturated rings. The van der Waals surface area contributed by atoms with Crippen LogP contribution < -0.4 is 0 Å². The number of nitrogens with zero attached hydrogens (tertiary/aromatic N) is 4. The molecule has 10 heteroatoms. The first-order chi connectivity index (χ1) is 16.6. The topological polar surface area (TPSA) is 90.4 Å². The molecule has 35 heavy (non-hydrogen) atoms. The molecule has 0 radical (unpaired) electrons. The number of likely N-dealkylation sites (tertiary alicyclic amines) is 1. The largest absolute Gasteiger partial charge is 0.340 e. The van der Waals surface area contributed by atoms with Crippen molar-refractivity contribution >= 4 is 25.9 Å². The van der Waals surface area contributed by atoms with E-state index < -0.39 is 26.2 Å². The molecule has 0 aliphatic carbocycles. The van der Waals surface area contributed by atoms with Gasteiger partial charge >= 0.3 is 0 Å². The summed E-state index contributed by atoms with van der Waals surface area (Å²) in [6.45, 7) is 8.57. The Bertz CT molecular complexity index is 1250. The van der Waals surface area contributed by atoms with Gasteiger partial charge in [-0.1, -0.05) is 49.7 Å². The number of hydrogen-bond acceptors (Lipinski definition) is 5. The van der Waals surface area contributed by atoms with Crippen molar-refractivity contribution in [1.82, 2.24) is 14.1 Å². The Morgan fingerprint density at radius 1 is 0.886 bits per heavy atom. The fraction of sp³-hybridized carbons (Fsp3) is 0.480. The van der Waals surface area contributed by atoms with Crippen molar-refractivity contribution in [2.24, 2.45) is 10.3 Å². The van der Waals surface area contributed by atoms with Crippen LogP contribution >= 0.6 is 0 Å². The molecule has 0 amide bonds. The van der Waals surface area contributed by atoms with Crippen molar-refractivity contribution in [3.05, 3.63) is 60.2 Å². The van der Waals surface area contributed by atoms with Gasteiger partial charge in [-0.2, -0.15) is 12.7 Å². The molecule has 0 bridgehead atoms. The highest BCUT2D eigenvalue weighted by Gasteiger charge is 2.43. The first-order valence-corrected chi connectivity index (χ1v) is 14.9. The summed E-state index contributed by atoms with van der Waals surface area (Å²) < 4.78 is 59.5. The van der Waals surface area contributed by atoms with Gasteiger partial charge in [-0.3, -0.25) is 4.90 Å². The average molecular weight is 519 g/mol. The van der Waals surface area contributed by atoms with Gasteiger partial charge in [0.15, 0.2) is 0 Å². The highest BCUT2D eigenvalue weighted by molar-refractivity contribution is 7.90. The number of benzene rings is 2. The van der Waals surface area contributed by atoms with Crippen molar-refractivity contribution in [2.45, 2.75) is 49.6 Å². The SMILES string of the molecule is Cc1ccc(S(=O)(=O)N=C(CN2CCCC2)N2CCN(S(=O)(=O)c3ccccc3)[C@@H]2C(C)C)cc1. The molecule has 2 aromatic rings. The highest BCUT2D eigenvalue weighted by atomic mass is 32.2. The predicted octanol–water partition coefficient (Wildman–Crippen LogP) is 3.17. The molecule has 0 saturated carbocycles. The van der Waals surface area contributed by atoms with Crippen LogP contribution in [0.3, 0.4) is 0 Å². The van der Waals surface area contributed by atoms with Gasteiger partial charge < -0.3 is 4.90 Å². The van der Waals surface area contributed by atoms with Gasteiger partial charge in [-0.25, -0.2) is 8.42 Å². The fourth-order valence-electron chi connectivity index (χ4n) is 4.81. The molecule has 2 aromatic carbocycles. The van der Waals surface area contributed by atoms with Crippen LogP contribution in [-0.4, -0.2) is 75.7 Å². The molecule has 1 atom stereocenters. The third-order valence-electron chi connectivity index (χ3n) is 6.56. The van der Waals surface area contributed by atoms with Crippen LogP contribution in [0.25, 0.3) is 0 Å². The second kappa shape index (κ2) is 10.4. The van der Waals surface area contributed by atoms with E-state index in [2.05, 4.69) is 9.30 Å². The Kier molecular flexibility index (Phi) is 7.65. The van der Waals surface area contributed by atoms with Crippen LogP contribution in [0.1, 0.15) is 32.3 Å².